The first-order valence-corrected chi connectivity index (χ1v) is 5.91. The van der Waals surface area contributed by atoms with Gasteiger partial charge in [0.2, 0.25) is 0 Å². The van der Waals surface area contributed by atoms with Crippen LogP contribution in [0.5, 0.6) is 0 Å². The van der Waals surface area contributed by atoms with E-state index in [4.69, 9.17) is 5.11 Å². The Labute approximate surface area is 98.8 Å². The highest BCUT2D eigenvalue weighted by molar-refractivity contribution is 8.03. The van der Waals surface area contributed by atoms with Crippen LogP contribution in [0.25, 0.3) is 0 Å². The molecule has 0 saturated carbocycles. The summed E-state index contributed by atoms with van der Waals surface area (Å²) >= 11 is 1.57. The average molecular weight is 235 g/mol. The number of aliphatic hydroxyl groups excluding tert-OH is 1. The zero-order valence-electron chi connectivity index (χ0n) is 9.01. The van der Waals surface area contributed by atoms with Gasteiger partial charge >= 0.3 is 0 Å². The van der Waals surface area contributed by atoms with E-state index in [2.05, 4.69) is 0 Å². The van der Waals surface area contributed by atoms with Gasteiger partial charge in [0.25, 0.3) is 0 Å². The molecule has 1 N–H and O–H groups in total. The number of anilines is 1. The number of ketones is 1. The number of hydrogen-bond acceptors (Lipinski definition) is 4. The van der Waals surface area contributed by atoms with Crippen molar-refractivity contribution in [2.24, 2.45) is 0 Å². The maximum absolute atomic E-state index is 11.1. The molecule has 1 heterocycles. The minimum atomic E-state index is 0.0262. The molecule has 1 aromatic rings. The van der Waals surface area contributed by atoms with Crippen molar-refractivity contribution in [2.75, 3.05) is 18.1 Å². The van der Waals surface area contributed by atoms with Gasteiger partial charge < -0.3 is 10.0 Å². The number of carbonyl (C=O) groups is 1. The molecule has 0 aromatic heterocycles. The molecule has 16 heavy (non-hydrogen) atoms. The van der Waals surface area contributed by atoms with E-state index in [1.807, 2.05) is 29.2 Å². The van der Waals surface area contributed by atoms with Gasteiger partial charge in [-0.05, 0) is 19.1 Å². The highest BCUT2D eigenvalue weighted by Gasteiger charge is 2.24. The lowest BCUT2D eigenvalue weighted by molar-refractivity contribution is -0.112. The molecule has 0 bridgehead atoms. The normalized spacial score (nSPS) is 16.6. The van der Waals surface area contributed by atoms with E-state index < -0.39 is 0 Å². The SMILES string of the molecule is CC(=O)/C=C1\Sc2ccccc2N1CCO. The third-order valence-corrected chi connectivity index (χ3v) is 3.40. The number of β-amino-alcohol motifs (C(OH)–C–C–N with tert-alkyl or cyclic N) is 1. The number of para-hydroxylation sites is 1. The van der Waals surface area contributed by atoms with Crippen molar-refractivity contribution < 1.29 is 9.90 Å². The molecule has 0 aliphatic carbocycles. The summed E-state index contributed by atoms with van der Waals surface area (Å²) in [6.45, 7) is 2.13. The molecule has 1 aliphatic heterocycles. The van der Waals surface area contributed by atoms with Crippen LogP contribution in [0.15, 0.2) is 40.3 Å². The second-order valence-corrected chi connectivity index (χ2v) is 4.60. The third kappa shape index (κ3) is 2.13. The predicted octanol–water partition coefficient (Wildman–Crippen LogP) is 2.02. The number of fused-ring (bicyclic) bond motifs is 1. The Balaban J connectivity index is 2.37. The summed E-state index contributed by atoms with van der Waals surface area (Å²) in [7, 11) is 0. The molecular weight excluding hydrogens is 222 g/mol. The Hall–Kier alpha value is -1.26. The van der Waals surface area contributed by atoms with E-state index in [0.29, 0.717) is 6.54 Å². The van der Waals surface area contributed by atoms with Crippen LogP contribution in [-0.4, -0.2) is 24.0 Å². The van der Waals surface area contributed by atoms with Crippen LogP contribution in [0.3, 0.4) is 0 Å². The predicted molar refractivity (Wildman–Crippen MR) is 65.5 cm³/mol. The minimum Gasteiger partial charge on any atom is -0.395 e. The van der Waals surface area contributed by atoms with Crippen LogP contribution in [0.2, 0.25) is 0 Å². The van der Waals surface area contributed by atoms with Gasteiger partial charge in [0.1, 0.15) is 0 Å². The van der Waals surface area contributed by atoms with Gasteiger partial charge in [0.15, 0.2) is 5.78 Å². The van der Waals surface area contributed by atoms with Crippen LogP contribution < -0.4 is 4.90 Å². The van der Waals surface area contributed by atoms with Gasteiger partial charge in [-0.25, -0.2) is 0 Å². The minimum absolute atomic E-state index is 0.0262. The van der Waals surface area contributed by atoms with Gasteiger partial charge in [0, 0.05) is 17.5 Å². The first-order chi connectivity index (χ1) is 7.72. The molecule has 0 atom stereocenters. The first-order valence-electron chi connectivity index (χ1n) is 5.10. The molecule has 3 nitrogen and oxygen atoms in total. The van der Waals surface area contributed by atoms with Gasteiger partial charge in [-0.1, -0.05) is 23.9 Å². The number of thioether (sulfide) groups is 1. The zero-order valence-corrected chi connectivity index (χ0v) is 9.83. The highest BCUT2D eigenvalue weighted by Crippen LogP contribution is 2.45. The fraction of sp³-hybridized carbons (Fsp3) is 0.250. The largest absolute Gasteiger partial charge is 0.395 e. The van der Waals surface area contributed by atoms with Crippen molar-refractivity contribution in [3.05, 3.63) is 35.4 Å². The van der Waals surface area contributed by atoms with E-state index in [1.165, 1.54) is 6.92 Å². The summed E-state index contributed by atoms with van der Waals surface area (Å²) in [4.78, 5) is 14.2. The molecule has 84 valence electrons. The molecule has 1 aromatic carbocycles. The summed E-state index contributed by atoms with van der Waals surface area (Å²) in [6, 6.07) is 7.95. The lowest BCUT2D eigenvalue weighted by Crippen LogP contribution is -2.22. The summed E-state index contributed by atoms with van der Waals surface area (Å²) < 4.78 is 0. The van der Waals surface area contributed by atoms with Crippen LogP contribution >= 0.6 is 11.8 Å². The monoisotopic (exact) mass is 235 g/mol. The van der Waals surface area contributed by atoms with Crippen LogP contribution in [-0.2, 0) is 4.79 Å². The highest BCUT2D eigenvalue weighted by atomic mass is 32.2. The molecule has 4 heteroatoms. The van der Waals surface area contributed by atoms with E-state index >= 15 is 0 Å². The van der Waals surface area contributed by atoms with E-state index in [1.54, 1.807) is 17.8 Å². The molecule has 0 unspecified atom stereocenters. The van der Waals surface area contributed by atoms with Crippen molar-refractivity contribution in [1.82, 2.24) is 0 Å². The van der Waals surface area contributed by atoms with Crippen LogP contribution in [0.1, 0.15) is 6.92 Å². The Kier molecular flexibility index (Phi) is 3.31. The number of nitrogens with zero attached hydrogens (tertiary/aromatic N) is 1. The van der Waals surface area contributed by atoms with Crippen LogP contribution in [0, 0.1) is 0 Å². The molecule has 0 spiro atoms. The third-order valence-electron chi connectivity index (χ3n) is 2.29. The molecule has 1 aliphatic rings. The number of allylic oxidation sites excluding steroid dienone is 1. The van der Waals surface area contributed by atoms with E-state index in [9.17, 15) is 4.79 Å². The van der Waals surface area contributed by atoms with Crippen molar-refractivity contribution in [1.29, 1.82) is 0 Å². The standard InChI is InChI=1S/C12H13NO2S/c1-9(15)8-12-13(6-7-14)10-4-2-3-5-11(10)16-12/h2-5,8,14H,6-7H2,1H3/b12-8-. The Morgan fingerprint density at radius 1 is 1.50 bits per heavy atom. The lowest BCUT2D eigenvalue weighted by atomic mass is 10.3. The van der Waals surface area contributed by atoms with Gasteiger partial charge in [-0.3, -0.25) is 4.79 Å². The number of carbonyl (C=O) groups excluding carboxylic acids is 1. The second-order valence-electron chi connectivity index (χ2n) is 3.54. The quantitative estimate of drug-likeness (QED) is 0.814. The Morgan fingerprint density at radius 3 is 2.94 bits per heavy atom. The number of hydrogen-bond donors (Lipinski definition) is 1. The summed E-state index contributed by atoms with van der Waals surface area (Å²) in [5, 5.41) is 9.93. The molecule has 0 amide bonds. The molecule has 0 radical (unpaired) electrons. The molecule has 0 saturated heterocycles. The lowest BCUT2D eigenvalue weighted by Gasteiger charge is -2.18. The zero-order chi connectivity index (χ0) is 11.5. The van der Waals surface area contributed by atoms with Crippen molar-refractivity contribution in [2.45, 2.75) is 11.8 Å². The smallest absolute Gasteiger partial charge is 0.155 e. The van der Waals surface area contributed by atoms with Crippen molar-refractivity contribution in [3.8, 4) is 0 Å². The maximum atomic E-state index is 11.1. The van der Waals surface area contributed by atoms with E-state index in [-0.39, 0.29) is 12.4 Å². The number of rotatable bonds is 3. The van der Waals surface area contributed by atoms with E-state index in [0.717, 1.165) is 15.6 Å². The molecule has 2 rings (SSSR count). The number of aliphatic hydroxyl groups is 1. The Morgan fingerprint density at radius 2 is 2.25 bits per heavy atom. The Bertz CT molecular complexity index is 442. The maximum Gasteiger partial charge on any atom is 0.155 e. The fourth-order valence-electron chi connectivity index (χ4n) is 1.66. The van der Waals surface area contributed by atoms with Crippen molar-refractivity contribution in [3.63, 3.8) is 0 Å². The van der Waals surface area contributed by atoms with Crippen molar-refractivity contribution >= 4 is 23.2 Å². The average Bonchev–Trinajstić information content (AvgIpc) is 2.57. The van der Waals surface area contributed by atoms with Crippen LogP contribution in [0.4, 0.5) is 5.69 Å². The topological polar surface area (TPSA) is 40.5 Å². The summed E-state index contributed by atoms with van der Waals surface area (Å²) in [5.74, 6) is 0.0262. The summed E-state index contributed by atoms with van der Waals surface area (Å²) in [6.07, 6.45) is 1.61. The molecular formula is C12H13NO2S. The first kappa shape index (κ1) is 11.2. The second kappa shape index (κ2) is 4.72. The summed E-state index contributed by atoms with van der Waals surface area (Å²) in [5.41, 5.74) is 1.06. The molecule has 0 fully saturated rings. The fourth-order valence-corrected chi connectivity index (χ4v) is 2.84. The number of benzene rings is 1. The van der Waals surface area contributed by atoms with Gasteiger partial charge in [-0.15, -0.1) is 0 Å². The van der Waals surface area contributed by atoms with Gasteiger partial charge in [-0.2, -0.15) is 0 Å². The van der Waals surface area contributed by atoms with Gasteiger partial charge in [0.05, 0.1) is 17.3 Å².